The average Bonchev–Trinajstić information content (AvgIpc) is 3.08. The monoisotopic (exact) mass is 284 g/mol. The van der Waals surface area contributed by atoms with Crippen LogP contribution in [0.25, 0.3) is 22.6 Å². The average molecular weight is 284 g/mol. The predicted octanol–water partition coefficient (Wildman–Crippen LogP) is 1.24. The summed E-state index contributed by atoms with van der Waals surface area (Å²) in [6.45, 7) is 0. The Morgan fingerprint density at radius 3 is 2.10 bits per heavy atom. The molecule has 1 aliphatic rings. The van der Waals surface area contributed by atoms with Gasteiger partial charge in [-0.2, -0.15) is 0 Å². The minimum absolute atomic E-state index is 0.188. The van der Waals surface area contributed by atoms with Crippen molar-refractivity contribution in [3.8, 4) is 22.8 Å². The molecule has 4 rings (SSSR count). The van der Waals surface area contributed by atoms with Gasteiger partial charge in [-0.15, -0.1) is 0 Å². The fourth-order valence-corrected chi connectivity index (χ4v) is 2.45. The maximum atomic E-state index is 12.6. The lowest BCUT2D eigenvalue weighted by Crippen LogP contribution is -2.02. The third-order valence-corrected chi connectivity index (χ3v) is 3.36. The zero-order valence-electron chi connectivity index (χ0n) is 11.1. The van der Waals surface area contributed by atoms with E-state index in [9.17, 15) is 4.79 Å². The van der Waals surface area contributed by atoms with Crippen molar-refractivity contribution in [2.24, 2.45) is 0 Å². The number of ether oxygens (including phenoxy) is 2. The number of carbonyl (C=O) groups is 1. The van der Waals surface area contributed by atoms with Gasteiger partial charge >= 0.3 is 0 Å². The van der Waals surface area contributed by atoms with E-state index < -0.39 is 0 Å². The van der Waals surface area contributed by atoms with Crippen molar-refractivity contribution in [2.45, 2.75) is 0 Å². The second kappa shape index (κ2) is 3.98. The largest absolute Gasteiger partial charge is 0.496 e. The zero-order chi connectivity index (χ0) is 14.6. The summed E-state index contributed by atoms with van der Waals surface area (Å²) in [5.74, 6) is 0.678. The topological polar surface area (TPSA) is 100 Å². The second-order valence-electron chi connectivity index (χ2n) is 4.38. The molecule has 0 spiro atoms. The van der Waals surface area contributed by atoms with Crippen LogP contribution in [0.2, 0.25) is 0 Å². The molecular weight excluding hydrogens is 276 g/mol. The number of hydrogen-bond donors (Lipinski definition) is 0. The summed E-state index contributed by atoms with van der Waals surface area (Å²) < 4.78 is 15.2. The zero-order valence-corrected chi connectivity index (χ0v) is 11.1. The molecule has 1 aliphatic carbocycles. The minimum Gasteiger partial charge on any atom is -0.496 e. The first-order valence-corrected chi connectivity index (χ1v) is 6.05. The first-order chi connectivity index (χ1) is 10.2. The number of ketones is 1. The molecule has 0 unspecified atom stereocenters. The second-order valence-corrected chi connectivity index (χ2v) is 4.38. The van der Waals surface area contributed by atoms with E-state index in [4.69, 9.17) is 9.47 Å². The molecule has 0 radical (unpaired) electrons. The Kier molecular flexibility index (Phi) is 2.23. The molecule has 8 heteroatoms. The van der Waals surface area contributed by atoms with Gasteiger partial charge in [-0.3, -0.25) is 4.79 Å². The van der Waals surface area contributed by atoms with Gasteiger partial charge in [0.15, 0.2) is 0 Å². The van der Waals surface area contributed by atoms with E-state index >= 15 is 0 Å². The SMILES string of the molecule is COc1ccc(OC)c2c1C(=O)c1nc3nonc3nc1-2. The van der Waals surface area contributed by atoms with E-state index in [1.165, 1.54) is 14.2 Å². The van der Waals surface area contributed by atoms with Crippen LogP contribution in [0.15, 0.2) is 16.8 Å². The summed E-state index contributed by atoms with van der Waals surface area (Å²) in [5.41, 5.74) is 1.95. The summed E-state index contributed by atoms with van der Waals surface area (Å²) in [5, 5.41) is 7.25. The highest BCUT2D eigenvalue weighted by Crippen LogP contribution is 2.45. The molecule has 0 saturated heterocycles. The summed E-state index contributed by atoms with van der Waals surface area (Å²) in [4.78, 5) is 21.1. The summed E-state index contributed by atoms with van der Waals surface area (Å²) in [6, 6.07) is 3.39. The maximum Gasteiger partial charge on any atom is 0.244 e. The summed E-state index contributed by atoms with van der Waals surface area (Å²) in [7, 11) is 3.02. The van der Waals surface area contributed by atoms with Crippen LogP contribution in [0.3, 0.4) is 0 Å². The van der Waals surface area contributed by atoms with Crippen LogP contribution in [0.1, 0.15) is 16.1 Å². The number of hydrogen-bond acceptors (Lipinski definition) is 8. The van der Waals surface area contributed by atoms with Crippen molar-refractivity contribution in [1.82, 2.24) is 20.3 Å². The fourth-order valence-electron chi connectivity index (χ4n) is 2.45. The number of fused-ring (bicyclic) bond motifs is 4. The Labute approximate surface area is 117 Å². The predicted molar refractivity (Wildman–Crippen MR) is 69.4 cm³/mol. The highest BCUT2D eigenvalue weighted by Gasteiger charge is 2.36. The van der Waals surface area contributed by atoms with Crippen LogP contribution in [0.5, 0.6) is 11.5 Å². The lowest BCUT2D eigenvalue weighted by Gasteiger charge is -2.09. The van der Waals surface area contributed by atoms with Gasteiger partial charge in [0, 0.05) is 0 Å². The number of rotatable bonds is 2. The first kappa shape index (κ1) is 11.8. The quantitative estimate of drug-likeness (QED) is 0.542. The number of aromatic nitrogens is 4. The Morgan fingerprint density at radius 2 is 1.48 bits per heavy atom. The molecule has 0 amide bonds. The van der Waals surface area contributed by atoms with Crippen LogP contribution in [0, 0.1) is 0 Å². The van der Waals surface area contributed by atoms with E-state index in [0.717, 1.165) is 0 Å². The van der Waals surface area contributed by atoms with Gasteiger partial charge in [0.2, 0.25) is 17.1 Å². The fraction of sp³-hybridized carbons (Fsp3) is 0.154. The summed E-state index contributed by atoms with van der Waals surface area (Å²) >= 11 is 0. The van der Waals surface area contributed by atoms with Crippen LogP contribution in [0.4, 0.5) is 0 Å². The van der Waals surface area contributed by atoms with Crippen LogP contribution in [-0.2, 0) is 0 Å². The maximum absolute atomic E-state index is 12.6. The van der Waals surface area contributed by atoms with Crippen LogP contribution < -0.4 is 9.47 Å². The van der Waals surface area contributed by atoms with Gasteiger partial charge < -0.3 is 9.47 Å². The molecule has 0 aliphatic heterocycles. The van der Waals surface area contributed by atoms with Gasteiger partial charge in [-0.1, -0.05) is 0 Å². The van der Waals surface area contributed by atoms with E-state index in [1.807, 2.05) is 0 Å². The summed E-state index contributed by atoms with van der Waals surface area (Å²) in [6.07, 6.45) is 0. The van der Waals surface area contributed by atoms with Crippen molar-refractivity contribution in [3.63, 3.8) is 0 Å². The van der Waals surface area contributed by atoms with Gasteiger partial charge in [-0.25, -0.2) is 14.6 Å². The number of nitrogens with zero attached hydrogens (tertiary/aromatic N) is 4. The molecule has 21 heavy (non-hydrogen) atoms. The minimum atomic E-state index is -0.284. The van der Waals surface area contributed by atoms with Crippen molar-refractivity contribution in [1.29, 1.82) is 0 Å². The molecule has 1 aromatic carbocycles. The van der Waals surface area contributed by atoms with Gasteiger partial charge in [0.1, 0.15) is 22.9 Å². The highest BCUT2D eigenvalue weighted by atomic mass is 16.6. The molecular formula is C13H8N4O4. The Morgan fingerprint density at radius 1 is 0.905 bits per heavy atom. The van der Waals surface area contributed by atoms with Gasteiger partial charge in [0.05, 0.1) is 25.3 Å². The molecule has 3 aromatic rings. The number of carbonyl (C=O) groups excluding carboxylic acids is 1. The Hall–Kier alpha value is -3.03. The van der Waals surface area contributed by atoms with Crippen molar-refractivity contribution in [2.75, 3.05) is 14.2 Å². The van der Waals surface area contributed by atoms with Crippen molar-refractivity contribution < 1.29 is 18.9 Å². The molecule has 8 nitrogen and oxygen atoms in total. The van der Waals surface area contributed by atoms with E-state index in [2.05, 4.69) is 24.9 Å². The standard InChI is InChI=1S/C13H8N4O4/c1-19-5-3-4-6(20-2)8-7(5)9-10(11(8)18)15-13-12(14-9)16-21-17-13/h3-4H,1-2H3. The van der Waals surface area contributed by atoms with Crippen LogP contribution >= 0.6 is 0 Å². The van der Waals surface area contributed by atoms with Crippen LogP contribution in [-0.4, -0.2) is 40.3 Å². The molecule has 2 aromatic heterocycles. The lowest BCUT2D eigenvalue weighted by atomic mass is 10.1. The van der Waals surface area contributed by atoms with Crippen molar-refractivity contribution >= 4 is 17.1 Å². The smallest absolute Gasteiger partial charge is 0.244 e. The highest BCUT2D eigenvalue weighted by molar-refractivity contribution is 6.22. The lowest BCUT2D eigenvalue weighted by molar-refractivity contribution is 0.103. The third kappa shape index (κ3) is 1.41. The molecule has 0 bridgehead atoms. The Bertz CT molecular complexity index is 903. The normalized spacial score (nSPS) is 12.4. The van der Waals surface area contributed by atoms with Crippen molar-refractivity contribution in [3.05, 3.63) is 23.4 Å². The molecule has 2 heterocycles. The molecule has 0 N–H and O–H groups in total. The number of methoxy groups -OCH3 is 2. The van der Waals surface area contributed by atoms with Gasteiger partial charge in [-0.05, 0) is 22.4 Å². The molecule has 0 saturated carbocycles. The molecule has 104 valence electrons. The Balaban J connectivity index is 2.12. The first-order valence-electron chi connectivity index (χ1n) is 6.05. The van der Waals surface area contributed by atoms with Gasteiger partial charge in [0.25, 0.3) is 0 Å². The molecule has 0 fully saturated rings. The van der Waals surface area contributed by atoms with E-state index in [1.54, 1.807) is 12.1 Å². The number of benzene rings is 1. The van der Waals surface area contributed by atoms with E-state index in [0.29, 0.717) is 28.3 Å². The molecule has 0 atom stereocenters. The third-order valence-electron chi connectivity index (χ3n) is 3.36. The van der Waals surface area contributed by atoms with E-state index in [-0.39, 0.29) is 22.8 Å².